The van der Waals surface area contributed by atoms with Gasteiger partial charge in [0, 0.05) is 0 Å². The van der Waals surface area contributed by atoms with E-state index in [1.54, 1.807) is 0 Å². The van der Waals surface area contributed by atoms with Crippen molar-refractivity contribution in [3.8, 4) is 0 Å². The monoisotopic (exact) mass is 464 g/mol. The summed E-state index contributed by atoms with van der Waals surface area (Å²) < 4.78 is 0. The van der Waals surface area contributed by atoms with Gasteiger partial charge in [0.15, 0.2) is 0 Å². The van der Waals surface area contributed by atoms with Crippen LogP contribution in [0.15, 0.2) is 121 Å². The van der Waals surface area contributed by atoms with Gasteiger partial charge in [-0.3, -0.25) is 0 Å². The van der Waals surface area contributed by atoms with Gasteiger partial charge in [-0.05, 0) is 71.4 Å². The number of hydrogen-bond donors (Lipinski definition) is 2. The minimum Gasteiger partial charge on any atom is -0.384 e. The van der Waals surface area contributed by atoms with Crippen LogP contribution >= 0.6 is 0 Å². The lowest BCUT2D eigenvalue weighted by Crippen LogP contribution is -2.03. The van der Waals surface area contributed by atoms with Gasteiger partial charge in [0.25, 0.3) is 0 Å². The SMILES string of the molecule is OC(c1ccccc1)c1ccc2ccc3c(C(O)c4ccc5ccccc5c4)ccc4ccc1c2c43. The second kappa shape index (κ2) is 8.17. The number of hydrogen-bond acceptors (Lipinski definition) is 2. The van der Waals surface area contributed by atoms with Crippen molar-refractivity contribution in [3.05, 3.63) is 144 Å². The Hall–Kier alpha value is -4.24. The van der Waals surface area contributed by atoms with E-state index in [0.29, 0.717) is 0 Å². The fourth-order valence-electron chi connectivity index (χ4n) is 5.70. The molecule has 7 rings (SSSR count). The molecule has 2 N–H and O–H groups in total. The lowest BCUT2D eigenvalue weighted by molar-refractivity contribution is 0.221. The van der Waals surface area contributed by atoms with Gasteiger partial charge in [-0.2, -0.15) is 0 Å². The lowest BCUT2D eigenvalue weighted by atomic mass is 9.86. The third-order valence-electron chi connectivity index (χ3n) is 7.53. The largest absolute Gasteiger partial charge is 0.384 e. The van der Waals surface area contributed by atoms with E-state index >= 15 is 0 Å². The summed E-state index contributed by atoms with van der Waals surface area (Å²) in [6.45, 7) is 0. The number of rotatable bonds is 4. The fraction of sp³-hybridized carbons (Fsp3) is 0.0588. The highest BCUT2D eigenvalue weighted by atomic mass is 16.3. The number of aliphatic hydroxyl groups excluding tert-OH is 2. The average molecular weight is 465 g/mol. The van der Waals surface area contributed by atoms with Crippen LogP contribution in [0.5, 0.6) is 0 Å². The van der Waals surface area contributed by atoms with Crippen molar-refractivity contribution in [2.24, 2.45) is 0 Å². The maximum atomic E-state index is 11.5. The van der Waals surface area contributed by atoms with Crippen LogP contribution in [0, 0.1) is 0 Å². The minimum atomic E-state index is -0.742. The molecule has 0 radical (unpaired) electrons. The average Bonchev–Trinajstić information content (AvgIpc) is 2.95. The van der Waals surface area contributed by atoms with Gasteiger partial charge >= 0.3 is 0 Å². The molecule has 7 aromatic carbocycles. The van der Waals surface area contributed by atoms with E-state index in [2.05, 4.69) is 60.7 Å². The van der Waals surface area contributed by atoms with Gasteiger partial charge in [0.2, 0.25) is 0 Å². The Bertz CT molecular complexity index is 1870. The Labute approximate surface area is 209 Å². The Morgan fingerprint density at radius 1 is 0.389 bits per heavy atom. The van der Waals surface area contributed by atoms with E-state index in [4.69, 9.17) is 0 Å². The highest BCUT2D eigenvalue weighted by Gasteiger charge is 2.20. The molecule has 7 aromatic rings. The maximum absolute atomic E-state index is 11.5. The summed E-state index contributed by atoms with van der Waals surface area (Å²) in [7, 11) is 0. The molecule has 0 aliphatic carbocycles. The van der Waals surface area contributed by atoms with Crippen LogP contribution in [-0.2, 0) is 0 Å². The Morgan fingerprint density at radius 2 is 0.889 bits per heavy atom. The summed E-state index contributed by atoms with van der Waals surface area (Å²) in [4.78, 5) is 0. The maximum Gasteiger partial charge on any atom is 0.105 e. The molecule has 0 aromatic heterocycles. The molecule has 0 aliphatic rings. The van der Waals surface area contributed by atoms with Crippen molar-refractivity contribution in [1.29, 1.82) is 0 Å². The molecule has 0 aliphatic heterocycles. The molecule has 0 bridgehead atoms. The van der Waals surface area contributed by atoms with Gasteiger partial charge in [-0.15, -0.1) is 0 Å². The van der Waals surface area contributed by atoms with Gasteiger partial charge in [-0.1, -0.05) is 115 Å². The molecule has 0 spiro atoms. The smallest absolute Gasteiger partial charge is 0.105 e. The van der Waals surface area contributed by atoms with Crippen molar-refractivity contribution in [1.82, 2.24) is 0 Å². The third-order valence-corrected chi connectivity index (χ3v) is 7.53. The molecular weight excluding hydrogens is 440 g/mol. The Balaban J connectivity index is 1.44. The summed E-state index contributed by atoms with van der Waals surface area (Å²) >= 11 is 0. The first-order chi connectivity index (χ1) is 17.7. The zero-order valence-corrected chi connectivity index (χ0v) is 19.6. The van der Waals surface area contributed by atoms with Gasteiger partial charge in [0.1, 0.15) is 12.2 Å². The molecule has 0 saturated carbocycles. The molecule has 0 amide bonds. The second-order valence-electron chi connectivity index (χ2n) is 9.55. The minimum absolute atomic E-state index is 0.710. The van der Waals surface area contributed by atoms with Crippen LogP contribution in [0.2, 0.25) is 0 Å². The van der Waals surface area contributed by atoms with E-state index < -0.39 is 12.2 Å². The van der Waals surface area contributed by atoms with Crippen LogP contribution in [0.1, 0.15) is 34.5 Å². The number of aliphatic hydroxyl groups is 2. The second-order valence-corrected chi connectivity index (χ2v) is 9.55. The Kier molecular flexibility index (Phi) is 4.78. The molecule has 2 atom stereocenters. The first-order valence-corrected chi connectivity index (χ1v) is 12.3. The van der Waals surface area contributed by atoms with Gasteiger partial charge in [-0.25, -0.2) is 0 Å². The first-order valence-electron chi connectivity index (χ1n) is 12.3. The molecule has 2 unspecified atom stereocenters. The molecule has 0 heterocycles. The molecular formula is C34H24O2. The fourth-order valence-corrected chi connectivity index (χ4v) is 5.70. The summed E-state index contributed by atoms with van der Waals surface area (Å²) in [6.07, 6.45) is -1.45. The normalized spacial score (nSPS) is 13.6. The van der Waals surface area contributed by atoms with Crippen LogP contribution in [0.3, 0.4) is 0 Å². The van der Waals surface area contributed by atoms with Crippen LogP contribution < -0.4 is 0 Å². The summed E-state index contributed by atoms with van der Waals surface area (Å²) in [5.74, 6) is 0. The van der Waals surface area contributed by atoms with E-state index in [1.807, 2.05) is 60.7 Å². The van der Waals surface area contributed by atoms with Crippen LogP contribution in [0.4, 0.5) is 0 Å². The van der Waals surface area contributed by atoms with Crippen molar-refractivity contribution < 1.29 is 10.2 Å². The lowest BCUT2D eigenvalue weighted by Gasteiger charge is -2.20. The molecule has 172 valence electrons. The summed E-state index contributed by atoms with van der Waals surface area (Å²) in [5.41, 5.74) is 3.54. The quantitative estimate of drug-likeness (QED) is 0.260. The van der Waals surface area contributed by atoms with Gasteiger partial charge in [0.05, 0.1) is 0 Å². The summed E-state index contributed by atoms with van der Waals surface area (Å²) in [6, 6.07) is 40.9. The van der Waals surface area contributed by atoms with Crippen molar-refractivity contribution in [2.45, 2.75) is 12.2 Å². The zero-order chi connectivity index (χ0) is 24.2. The predicted molar refractivity (Wildman–Crippen MR) is 149 cm³/mol. The van der Waals surface area contributed by atoms with Gasteiger partial charge < -0.3 is 10.2 Å². The van der Waals surface area contributed by atoms with E-state index in [9.17, 15) is 10.2 Å². The molecule has 0 saturated heterocycles. The molecule has 2 nitrogen and oxygen atoms in total. The molecule has 36 heavy (non-hydrogen) atoms. The highest BCUT2D eigenvalue weighted by molar-refractivity contribution is 6.24. The number of fused-ring (bicyclic) bond motifs is 1. The number of benzene rings is 7. The molecule has 2 heteroatoms. The molecule has 0 fully saturated rings. The zero-order valence-electron chi connectivity index (χ0n) is 19.6. The Morgan fingerprint density at radius 3 is 1.53 bits per heavy atom. The van der Waals surface area contributed by atoms with Crippen molar-refractivity contribution in [2.75, 3.05) is 0 Å². The first kappa shape index (κ1) is 21.1. The van der Waals surface area contributed by atoms with Crippen LogP contribution in [0.25, 0.3) is 43.1 Å². The van der Waals surface area contributed by atoms with E-state index in [0.717, 1.165) is 65.3 Å². The topological polar surface area (TPSA) is 40.5 Å². The summed E-state index contributed by atoms with van der Waals surface area (Å²) in [5, 5.41) is 31.7. The predicted octanol–water partition coefficient (Wildman–Crippen LogP) is 7.90. The highest BCUT2D eigenvalue weighted by Crippen LogP contribution is 2.41. The third kappa shape index (κ3) is 3.20. The van der Waals surface area contributed by atoms with Crippen molar-refractivity contribution in [3.63, 3.8) is 0 Å². The standard InChI is InChI=1S/C34H24O2/c35-33(24-7-2-1-3-8-24)29-18-14-22-13-17-28-30(19-15-23-12-16-27(29)31(22)32(23)28)34(36)26-11-10-21-6-4-5-9-25(21)20-26/h1-20,33-36H. The van der Waals surface area contributed by atoms with E-state index in [-0.39, 0.29) is 0 Å². The van der Waals surface area contributed by atoms with Crippen molar-refractivity contribution >= 4 is 43.1 Å². The van der Waals surface area contributed by atoms with Crippen LogP contribution in [-0.4, -0.2) is 10.2 Å². The van der Waals surface area contributed by atoms with E-state index in [1.165, 1.54) is 0 Å².